The summed E-state index contributed by atoms with van der Waals surface area (Å²) in [6.45, 7) is 1.63. The van der Waals surface area contributed by atoms with E-state index in [4.69, 9.17) is 0 Å². The molecule has 0 amide bonds. The number of ether oxygens (including phenoxy) is 1. The van der Waals surface area contributed by atoms with Gasteiger partial charge in [-0.2, -0.15) is 0 Å². The van der Waals surface area contributed by atoms with Crippen LogP contribution in [0, 0.1) is 0 Å². The second kappa shape index (κ2) is 5.88. The average Bonchev–Trinajstić information content (AvgIpc) is 2.54. The van der Waals surface area contributed by atoms with E-state index in [9.17, 15) is 24.9 Å². The van der Waals surface area contributed by atoms with Crippen molar-refractivity contribution in [2.45, 2.75) is 19.8 Å². The number of aryl methyl sites for hydroxylation is 1. The van der Waals surface area contributed by atoms with Crippen LogP contribution >= 0.6 is 0 Å². The van der Waals surface area contributed by atoms with Crippen molar-refractivity contribution in [3.63, 3.8) is 0 Å². The zero-order chi connectivity index (χ0) is 17.4. The van der Waals surface area contributed by atoms with Crippen molar-refractivity contribution in [3.8, 4) is 11.5 Å². The summed E-state index contributed by atoms with van der Waals surface area (Å²) in [5, 5.41) is 31.7. The van der Waals surface area contributed by atoms with Gasteiger partial charge in [0.1, 0.15) is 17.3 Å². The molecule has 1 aliphatic carbocycles. The maximum absolute atomic E-state index is 12.1. The molecule has 6 heteroatoms. The van der Waals surface area contributed by atoms with E-state index in [-0.39, 0.29) is 41.0 Å². The van der Waals surface area contributed by atoms with Crippen LogP contribution in [0.25, 0.3) is 16.5 Å². The minimum absolute atomic E-state index is 0.0545. The van der Waals surface area contributed by atoms with E-state index in [0.717, 1.165) is 0 Å². The number of phenols is 2. The lowest BCUT2D eigenvalue weighted by Gasteiger charge is -2.21. The Morgan fingerprint density at radius 1 is 1.17 bits per heavy atom. The van der Waals surface area contributed by atoms with Gasteiger partial charge in [0.15, 0.2) is 0 Å². The van der Waals surface area contributed by atoms with E-state index in [1.165, 1.54) is 6.07 Å². The predicted octanol–water partition coefficient (Wildman–Crippen LogP) is 2.60. The first-order chi connectivity index (χ1) is 11.5. The quantitative estimate of drug-likeness (QED) is 0.591. The summed E-state index contributed by atoms with van der Waals surface area (Å²) in [4.78, 5) is 23.8. The molecule has 0 unspecified atom stereocenters. The van der Waals surface area contributed by atoms with Gasteiger partial charge in [0.05, 0.1) is 23.1 Å². The highest BCUT2D eigenvalue weighted by Crippen LogP contribution is 2.43. The minimum Gasteiger partial charge on any atom is -0.507 e. The molecule has 0 saturated carbocycles. The molecule has 24 heavy (non-hydrogen) atoms. The zero-order valence-corrected chi connectivity index (χ0v) is 13.0. The maximum Gasteiger partial charge on any atom is 0.379 e. The van der Waals surface area contributed by atoms with Crippen LogP contribution in [-0.4, -0.2) is 33.7 Å². The molecule has 2 aromatic rings. The number of carbonyl (C=O) groups is 2. The van der Waals surface area contributed by atoms with Crippen molar-refractivity contribution in [2.75, 3.05) is 6.61 Å². The minimum atomic E-state index is -1.04. The normalized spacial score (nSPS) is 13.7. The number of benzene rings is 2. The van der Waals surface area contributed by atoms with Crippen molar-refractivity contribution in [1.29, 1.82) is 0 Å². The lowest BCUT2D eigenvalue weighted by atomic mass is 9.86. The second-order valence-corrected chi connectivity index (χ2v) is 5.51. The van der Waals surface area contributed by atoms with Crippen molar-refractivity contribution in [3.05, 3.63) is 41.0 Å². The molecule has 0 fully saturated rings. The highest BCUT2D eigenvalue weighted by atomic mass is 16.5. The third-order valence-corrected chi connectivity index (χ3v) is 4.10. The molecule has 124 valence electrons. The van der Waals surface area contributed by atoms with Crippen molar-refractivity contribution < 1.29 is 29.6 Å². The van der Waals surface area contributed by atoms with Gasteiger partial charge in [-0.3, -0.25) is 4.79 Å². The molecule has 0 heterocycles. The van der Waals surface area contributed by atoms with Gasteiger partial charge in [0.25, 0.3) is 5.78 Å². The summed E-state index contributed by atoms with van der Waals surface area (Å²) in [6, 6.07) is 6.54. The van der Waals surface area contributed by atoms with Crippen LogP contribution in [0.3, 0.4) is 0 Å². The Hall–Kier alpha value is -3.02. The van der Waals surface area contributed by atoms with Gasteiger partial charge in [0.2, 0.25) is 0 Å². The summed E-state index contributed by atoms with van der Waals surface area (Å²) in [5.74, 6) is -2.85. The summed E-state index contributed by atoms with van der Waals surface area (Å²) in [6.07, 6.45) is 0.541. The highest BCUT2D eigenvalue weighted by molar-refractivity contribution is 6.41. The number of carbonyl (C=O) groups excluding carboxylic acids is 2. The molecule has 6 nitrogen and oxygen atoms in total. The number of rotatable bonds is 3. The van der Waals surface area contributed by atoms with Gasteiger partial charge in [-0.15, -0.1) is 0 Å². The number of hydrogen-bond acceptors (Lipinski definition) is 6. The summed E-state index contributed by atoms with van der Waals surface area (Å²) < 4.78 is 4.68. The first kappa shape index (κ1) is 15.9. The molecule has 0 atom stereocenters. The van der Waals surface area contributed by atoms with Crippen molar-refractivity contribution >= 4 is 28.3 Å². The summed E-state index contributed by atoms with van der Waals surface area (Å²) >= 11 is 0. The Kier molecular flexibility index (Phi) is 3.89. The molecule has 0 spiro atoms. The standard InChI is InChI=1S/C18H16O6/c1-2-24-18(23)16(21)11-7-6-10-8-9-4-3-5-12(19)13(9)17(22)14(10)15(11)20/h3-5,8,19-20,22H,2,6-7H2,1H3. The highest BCUT2D eigenvalue weighted by Gasteiger charge is 2.31. The molecule has 0 aromatic heterocycles. The molecule has 0 saturated heterocycles. The molecule has 2 aromatic carbocycles. The van der Waals surface area contributed by atoms with Gasteiger partial charge in [-0.1, -0.05) is 12.1 Å². The van der Waals surface area contributed by atoms with Crippen LogP contribution in [0.4, 0.5) is 0 Å². The number of ketones is 1. The van der Waals surface area contributed by atoms with E-state index in [2.05, 4.69) is 4.74 Å². The zero-order valence-electron chi connectivity index (χ0n) is 13.0. The first-order valence-electron chi connectivity index (χ1n) is 7.56. The van der Waals surface area contributed by atoms with Crippen LogP contribution in [-0.2, 0) is 20.7 Å². The Bertz CT molecular complexity index is 894. The Labute approximate surface area is 137 Å². The topological polar surface area (TPSA) is 104 Å². The number of aliphatic hydroxyl groups excluding tert-OH is 1. The fourth-order valence-corrected chi connectivity index (χ4v) is 3.00. The molecule has 3 rings (SSSR count). The number of aromatic hydroxyl groups is 2. The average molecular weight is 328 g/mol. The van der Waals surface area contributed by atoms with E-state index < -0.39 is 17.5 Å². The molecule has 3 N–H and O–H groups in total. The molecule has 0 radical (unpaired) electrons. The fraction of sp³-hybridized carbons (Fsp3) is 0.222. The lowest BCUT2D eigenvalue weighted by Crippen LogP contribution is -2.22. The van der Waals surface area contributed by atoms with Crippen LogP contribution < -0.4 is 0 Å². The number of phenolic OH excluding ortho intramolecular Hbond substituents is 2. The van der Waals surface area contributed by atoms with Crippen LogP contribution in [0.15, 0.2) is 29.8 Å². The van der Waals surface area contributed by atoms with Gasteiger partial charge in [-0.05, 0) is 42.8 Å². The van der Waals surface area contributed by atoms with E-state index in [1.807, 2.05) is 0 Å². The van der Waals surface area contributed by atoms with E-state index in [0.29, 0.717) is 17.4 Å². The summed E-state index contributed by atoms with van der Waals surface area (Å²) in [7, 11) is 0. The number of esters is 1. The number of aliphatic hydroxyl groups is 1. The van der Waals surface area contributed by atoms with Crippen molar-refractivity contribution in [2.24, 2.45) is 0 Å². The molecule has 1 aliphatic rings. The Morgan fingerprint density at radius 2 is 1.92 bits per heavy atom. The van der Waals surface area contributed by atoms with Gasteiger partial charge in [-0.25, -0.2) is 4.79 Å². The lowest BCUT2D eigenvalue weighted by molar-refractivity contribution is -0.151. The molecular weight excluding hydrogens is 312 g/mol. The number of fused-ring (bicyclic) bond motifs is 2. The number of hydrogen-bond donors (Lipinski definition) is 3. The SMILES string of the molecule is CCOC(=O)C(=O)C1=C(O)c2c(cc3cccc(O)c3c2O)CC1. The number of Topliss-reactive ketones (excluding diaryl/α,β-unsaturated/α-hetero) is 1. The van der Waals surface area contributed by atoms with Crippen LogP contribution in [0.2, 0.25) is 0 Å². The third kappa shape index (κ3) is 2.36. The predicted molar refractivity (Wildman–Crippen MR) is 86.8 cm³/mol. The van der Waals surface area contributed by atoms with Crippen LogP contribution in [0.5, 0.6) is 11.5 Å². The van der Waals surface area contributed by atoms with Crippen molar-refractivity contribution in [1.82, 2.24) is 0 Å². The maximum atomic E-state index is 12.1. The smallest absolute Gasteiger partial charge is 0.379 e. The molecule has 0 aliphatic heterocycles. The monoisotopic (exact) mass is 328 g/mol. The summed E-state index contributed by atoms with van der Waals surface area (Å²) in [5.41, 5.74) is 0.623. The van der Waals surface area contributed by atoms with E-state index >= 15 is 0 Å². The third-order valence-electron chi connectivity index (χ3n) is 4.10. The van der Waals surface area contributed by atoms with Gasteiger partial charge < -0.3 is 20.1 Å². The van der Waals surface area contributed by atoms with Gasteiger partial charge >= 0.3 is 5.97 Å². The largest absolute Gasteiger partial charge is 0.507 e. The first-order valence-corrected chi connectivity index (χ1v) is 7.56. The van der Waals surface area contributed by atoms with E-state index in [1.54, 1.807) is 25.1 Å². The fourth-order valence-electron chi connectivity index (χ4n) is 3.00. The van der Waals surface area contributed by atoms with Gasteiger partial charge in [0, 0.05) is 0 Å². The second-order valence-electron chi connectivity index (χ2n) is 5.51. The molecular formula is C18H16O6. The Balaban J connectivity index is 2.20. The molecule has 0 bridgehead atoms. The van der Waals surface area contributed by atoms with Crippen LogP contribution in [0.1, 0.15) is 24.5 Å². The Morgan fingerprint density at radius 3 is 2.62 bits per heavy atom.